The zero-order chi connectivity index (χ0) is 14.5. The molecule has 5 unspecified atom stereocenters. The van der Waals surface area contributed by atoms with E-state index >= 15 is 0 Å². The second-order valence-corrected chi connectivity index (χ2v) is 6.80. The first-order valence-corrected chi connectivity index (χ1v) is 8.32. The Morgan fingerprint density at radius 3 is 2.65 bits per heavy atom. The quantitative estimate of drug-likeness (QED) is 0.693. The summed E-state index contributed by atoms with van der Waals surface area (Å²) in [6, 6.07) is 0.206. The van der Waals surface area contributed by atoms with Crippen molar-refractivity contribution in [2.75, 3.05) is 0 Å². The summed E-state index contributed by atoms with van der Waals surface area (Å²) in [7, 11) is 0. The van der Waals surface area contributed by atoms with E-state index in [2.05, 4.69) is 5.32 Å². The minimum atomic E-state index is -0.373. The standard InChI is InChI=1S/C16H30N2O2/c1-11(12-6-5-7-13(17)10-12)16(20)18-14-8-3-2-4-9-15(14)19/h11-15,19H,2-10,17H2,1H3,(H,18,20). The van der Waals surface area contributed by atoms with E-state index in [1.54, 1.807) is 0 Å². The van der Waals surface area contributed by atoms with E-state index in [1.165, 1.54) is 0 Å². The zero-order valence-corrected chi connectivity index (χ0v) is 12.7. The van der Waals surface area contributed by atoms with Gasteiger partial charge in [-0.2, -0.15) is 0 Å². The summed E-state index contributed by atoms with van der Waals surface area (Å²) in [5.41, 5.74) is 6.02. The largest absolute Gasteiger partial charge is 0.391 e. The van der Waals surface area contributed by atoms with Gasteiger partial charge in [-0.05, 0) is 38.0 Å². The van der Waals surface area contributed by atoms with Crippen molar-refractivity contribution in [3.05, 3.63) is 0 Å². The number of amides is 1. The highest BCUT2D eigenvalue weighted by Crippen LogP contribution is 2.30. The molecule has 20 heavy (non-hydrogen) atoms. The smallest absolute Gasteiger partial charge is 0.223 e. The Labute approximate surface area is 122 Å². The number of carbonyl (C=O) groups excluding carboxylic acids is 1. The number of aliphatic hydroxyl groups excluding tert-OH is 1. The molecule has 0 aromatic rings. The molecule has 0 aromatic heterocycles. The Morgan fingerprint density at radius 1 is 1.15 bits per heavy atom. The van der Waals surface area contributed by atoms with Crippen molar-refractivity contribution in [3.63, 3.8) is 0 Å². The molecule has 0 aromatic carbocycles. The van der Waals surface area contributed by atoms with Gasteiger partial charge >= 0.3 is 0 Å². The fourth-order valence-electron chi connectivity index (χ4n) is 3.71. The molecule has 116 valence electrons. The first-order valence-electron chi connectivity index (χ1n) is 8.32. The normalized spacial score (nSPS) is 37.0. The van der Waals surface area contributed by atoms with Crippen LogP contribution < -0.4 is 11.1 Å². The van der Waals surface area contributed by atoms with Gasteiger partial charge in [-0.25, -0.2) is 0 Å². The molecule has 4 nitrogen and oxygen atoms in total. The first kappa shape index (κ1) is 15.8. The number of aliphatic hydroxyl groups is 1. The van der Waals surface area contributed by atoms with Gasteiger partial charge in [0.1, 0.15) is 0 Å². The topological polar surface area (TPSA) is 75.3 Å². The van der Waals surface area contributed by atoms with Gasteiger partial charge in [-0.1, -0.05) is 32.6 Å². The Bertz CT molecular complexity index is 322. The monoisotopic (exact) mass is 282 g/mol. The maximum atomic E-state index is 12.4. The third-order valence-electron chi connectivity index (χ3n) is 5.18. The van der Waals surface area contributed by atoms with E-state index in [0.29, 0.717) is 5.92 Å². The van der Waals surface area contributed by atoms with Crippen LogP contribution in [-0.4, -0.2) is 29.2 Å². The molecule has 0 radical (unpaired) electrons. The average molecular weight is 282 g/mol. The molecule has 2 aliphatic carbocycles. The molecule has 2 rings (SSSR count). The molecule has 2 fully saturated rings. The van der Waals surface area contributed by atoms with Gasteiger partial charge in [-0.15, -0.1) is 0 Å². The third kappa shape index (κ3) is 4.19. The van der Waals surface area contributed by atoms with E-state index in [0.717, 1.165) is 57.8 Å². The minimum absolute atomic E-state index is 0.0109. The number of nitrogens with one attached hydrogen (secondary N) is 1. The Hall–Kier alpha value is -0.610. The van der Waals surface area contributed by atoms with E-state index in [-0.39, 0.29) is 30.0 Å². The molecule has 4 heteroatoms. The van der Waals surface area contributed by atoms with E-state index in [4.69, 9.17) is 5.73 Å². The maximum Gasteiger partial charge on any atom is 0.223 e. The van der Waals surface area contributed by atoms with Gasteiger partial charge < -0.3 is 16.2 Å². The van der Waals surface area contributed by atoms with Crippen molar-refractivity contribution in [1.29, 1.82) is 0 Å². The van der Waals surface area contributed by atoms with Gasteiger partial charge in [0.25, 0.3) is 0 Å². The summed E-state index contributed by atoms with van der Waals surface area (Å²) in [5.74, 6) is 0.522. The highest BCUT2D eigenvalue weighted by Gasteiger charge is 2.31. The van der Waals surface area contributed by atoms with Crippen molar-refractivity contribution in [2.45, 2.75) is 82.9 Å². The van der Waals surface area contributed by atoms with Gasteiger partial charge in [0.05, 0.1) is 12.1 Å². The van der Waals surface area contributed by atoms with Crippen LogP contribution in [0, 0.1) is 11.8 Å². The maximum absolute atomic E-state index is 12.4. The molecule has 0 saturated heterocycles. The molecule has 0 aliphatic heterocycles. The van der Waals surface area contributed by atoms with Crippen LogP contribution in [-0.2, 0) is 4.79 Å². The molecule has 1 amide bonds. The number of carbonyl (C=O) groups is 1. The van der Waals surface area contributed by atoms with E-state index in [9.17, 15) is 9.90 Å². The minimum Gasteiger partial charge on any atom is -0.391 e. The predicted octanol–water partition coefficient (Wildman–Crippen LogP) is 1.95. The Balaban J connectivity index is 1.86. The SMILES string of the molecule is CC(C(=O)NC1CCCCCC1O)C1CCCC(N)C1. The summed E-state index contributed by atoms with van der Waals surface area (Å²) < 4.78 is 0. The van der Waals surface area contributed by atoms with Crippen molar-refractivity contribution in [1.82, 2.24) is 5.32 Å². The highest BCUT2D eigenvalue weighted by molar-refractivity contribution is 5.79. The van der Waals surface area contributed by atoms with Crippen LogP contribution in [0.25, 0.3) is 0 Å². The van der Waals surface area contributed by atoms with Crippen molar-refractivity contribution >= 4 is 5.91 Å². The van der Waals surface area contributed by atoms with Gasteiger partial charge in [0.15, 0.2) is 0 Å². The summed E-state index contributed by atoms with van der Waals surface area (Å²) in [4.78, 5) is 12.4. The number of hydrogen-bond acceptors (Lipinski definition) is 3. The Morgan fingerprint density at radius 2 is 1.90 bits per heavy atom. The predicted molar refractivity (Wildman–Crippen MR) is 80.1 cm³/mol. The van der Waals surface area contributed by atoms with Gasteiger partial charge in [-0.3, -0.25) is 4.79 Å². The van der Waals surface area contributed by atoms with Crippen LogP contribution >= 0.6 is 0 Å². The van der Waals surface area contributed by atoms with E-state index in [1.807, 2.05) is 6.92 Å². The molecule has 2 aliphatic rings. The molecule has 0 heterocycles. The molecule has 0 bridgehead atoms. The number of nitrogens with two attached hydrogens (primary N) is 1. The highest BCUT2D eigenvalue weighted by atomic mass is 16.3. The second-order valence-electron chi connectivity index (χ2n) is 6.80. The van der Waals surface area contributed by atoms with Crippen molar-refractivity contribution in [3.8, 4) is 0 Å². The van der Waals surface area contributed by atoms with Crippen LogP contribution in [0.2, 0.25) is 0 Å². The third-order valence-corrected chi connectivity index (χ3v) is 5.18. The Kier molecular flexibility index (Phi) is 5.85. The second kappa shape index (κ2) is 7.41. The van der Waals surface area contributed by atoms with Crippen LogP contribution in [0.4, 0.5) is 0 Å². The van der Waals surface area contributed by atoms with Crippen LogP contribution in [0.3, 0.4) is 0 Å². The molecule has 0 spiro atoms. The molecule has 4 N–H and O–H groups in total. The zero-order valence-electron chi connectivity index (χ0n) is 12.7. The fourth-order valence-corrected chi connectivity index (χ4v) is 3.71. The van der Waals surface area contributed by atoms with Crippen molar-refractivity contribution < 1.29 is 9.90 Å². The van der Waals surface area contributed by atoms with Crippen molar-refractivity contribution in [2.24, 2.45) is 17.6 Å². The van der Waals surface area contributed by atoms with Gasteiger partial charge in [0, 0.05) is 12.0 Å². The lowest BCUT2D eigenvalue weighted by atomic mass is 9.78. The molecular weight excluding hydrogens is 252 g/mol. The van der Waals surface area contributed by atoms with Crippen LogP contribution in [0.15, 0.2) is 0 Å². The summed E-state index contributed by atoms with van der Waals surface area (Å²) in [5, 5.41) is 13.2. The number of rotatable bonds is 3. The van der Waals surface area contributed by atoms with Crippen LogP contribution in [0.1, 0.15) is 64.7 Å². The summed E-state index contributed by atoms with van der Waals surface area (Å²) >= 11 is 0. The van der Waals surface area contributed by atoms with E-state index < -0.39 is 0 Å². The lowest BCUT2D eigenvalue weighted by Crippen LogP contribution is -2.46. The molecular formula is C16H30N2O2. The lowest BCUT2D eigenvalue weighted by Gasteiger charge is -2.32. The summed E-state index contributed by atoms with van der Waals surface area (Å²) in [6.45, 7) is 2.02. The lowest BCUT2D eigenvalue weighted by molar-refractivity contribution is -0.128. The molecule has 2 saturated carbocycles. The molecule has 5 atom stereocenters. The number of hydrogen-bond donors (Lipinski definition) is 3. The summed E-state index contributed by atoms with van der Waals surface area (Å²) in [6.07, 6.45) is 8.97. The van der Waals surface area contributed by atoms with Crippen LogP contribution in [0.5, 0.6) is 0 Å². The average Bonchev–Trinajstić information content (AvgIpc) is 2.63. The fraction of sp³-hybridized carbons (Fsp3) is 0.938. The van der Waals surface area contributed by atoms with Gasteiger partial charge in [0.2, 0.25) is 5.91 Å². The first-order chi connectivity index (χ1) is 9.58.